The molecule has 0 spiro atoms. The topological polar surface area (TPSA) is 53.4 Å². The number of carbonyl (C=O) groups is 1. The van der Waals surface area contributed by atoms with Crippen LogP contribution in [-0.4, -0.2) is 28.6 Å². The summed E-state index contributed by atoms with van der Waals surface area (Å²) in [5.41, 5.74) is -0.0984. The number of aromatic carboxylic acids is 1. The van der Waals surface area contributed by atoms with Gasteiger partial charge in [0, 0.05) is 12.6 Å². The SMILES string of the molecule is C=CCN(c1ncc(F)cc1C(=O)O)C1CC1. The summed E-state index contributed by atoms with van der Waals surface area (Å²) in [5.74, 6) is -1.48. The lowest BCUT2D eigenvalue weighted by Gasteiger charge is -2.23. The molecule has 0 radical (unpaired) electrons. The van der Waals surface area contributed by atoms with Crippen LogP contribution in [0.5, 0.6) is 0 Å². The van der Waals surface area contributed by atoms with E-state index in [-0.39, 0.29) is 5.56 Å². The van der Waals surface area contributed by atoms with Crippen LogP contribution < -0.4 is 4.90 Å². The average molecular weight is 236 g/mol. The van der Waals surface area contributed by atoms with Gasteiger partial charge in [0.2, 0.25) is 0 Å². The number of rotatable bonds is 5. The molecule has 0 atom stereocenters. The Kier molecular flexibility index (Phi) is 3.08. The number of pyridine rings is 1. The minimum absolute atomic E-state index is 0.0984. The molecular weight excluding hydrogens is 223 g/mol. The second-order valence-corrected chi connectivity index (χ2v) is 4.00. The summed E-state index contributed by atoms with van der Waals surface area (Å²) in [5, 5.41) is 9.05. The molecule has 0 saturated heterocycles. The molecule has 0 aromatic carbocycles. The van der Waals surface area contributed by atoms with Crippen molar-refractivity contribution in [1.82, 2.24) is 4.98 Å². The van der Waals surface area contributed by atoms with E-state index in [4.69, 9.17) is 5.11 Å². The summed E-state index contributed by atoms with van der Waals surface area (Å²) >= 11 is 0. The molecule has 1 aliphatic carbocycles. The number of halogens is 1. The third kappa shape index (κ3) is 2.43. The van der Waals surface area contributed by atoms with Gasteiger partial charge in [-0.25, -0.2) is 14.2 Å². The number of carboxylic acids is 1. The predicted octanol–water partition coefficient (Wildman–Crippen LogP) is 2.07. The zero-order chi connectivity index (χ0) is 12.4. The second kappa shape index (κ2) is 4.53. The first kappa shape index (κ1) is 11.6. The molecule has 4 nitrogen and oxygen atoms in total. The second-order valence-electron chi connectivity index (χ2n) is 4.00. The fourth-order valence-corrected chi connectivity index (χ4v) is 1.75. The lowest BCUT2D eigenvalue weighted by atomic mass is 10.2. The minimum Gasteiger partial charge on any atom is -0.478 e. The maximum absolute atomic E-state index is 13.0. The van der Waals surface area contributed by atoms with Crippen molar-refractivity contribution in [3.63, 3.8) is 0 Å². The summed E-state index contributed by atoms with van der Waals surface area (Å²) in [4.78, 5) is 16.8. The monoisotopic (exact) mass is 236 g/mol. The number of hydrogen-bond donors (Lipinski definition) is 1. The predicted molar refractivity (Wildman–Crippen MR) is 61.7 cm³/mol. The molecule has 1 saturated carbocycles. The van der Waals surface area contributed by atoms with E-state index < -0.39 is 11.8 Å². The van der Waals surface area contributed by atoms with Gasteiger partial charge in [-0.1, -0.05) is 6.08 Å². The van der Waals surface area contributed by atoms with Crippen molar-refractivity contribution in [2.45, 2.75) is 18.9 Å². The van der Waals surface area contributed by atoms with Gasteiger partial charge in [-0.15, -0.1) is 6.58 Å². The highest BCUT2D eigenvalue weighted by molar-refractivity contribution is 5.93. The van der Waals surface area contributed by atoms with E-state index >= 15 is 0 Å². The van der Waals surface area contributed by atoms with E-state index in [1.165, 1.54) is 0 Å². The Bertz CT molecular complexity index is 458. The maximum Gasteiger partial charge on any atom is 0.339 e. The van der Waals surface area contributed by atoms with Gasteiger partial charge >= 0.3 is 5.97 Å². The Morgan fingerprint density at radius 2 is 2.41 bits per heavy atom. The van der Waals surface area contributed by atoms with Crippen LogP contribution in [0.1, 0.15) is 23.2 Å². The van der Waals surface area contributed by atoms with Crippen LogP contribution in [0.15, 0.2) is 24.9 Å². The first-order chi connectivity index (χ1) is 8.13. The van der Waals surface area contributed by atoms with Gasteiger partial charge in [-0.2, -0.15) is 0 Å². The first-order valence-corrected chi connectivity index (χ1v) is 5.40. The Hall–Kier alpha value is -1.91. The van der Waals surface area contributed by atoms with Crippen LogP contribution in [0, 0.1) is 5.82 Å². The fraction of sp³-hybridized carbons (Fsp3) is 0.333. The van der Waals surface area contributed by atoms with Crippen LogP contribution in [-0.2, 0) is 0 Å². The highest BCUT2D eigenvalue weighted by Crippen LogP contribution is 2.32. The van der Waals surface area contributed by atoms with Crippen molar-refractivity contribution in [2.24, 2.45) is 0 Å². The number of anilines is 1. The molecule has 0 amide bonds. The van der Waals surface area contributed by atoms with Gasteiger partial charge in [0.05, 0.1) is 6.20 Å². The van der Waals surface area contributed by atoms with Crippen LogP contribution in [0.3, 0.4) is 0 Å². The maximum atomic E-state index is 13.0. The van der Waals surface area contributed by atoms with Crippen LogP contribution >= 0.6 is 0 Å². The highest BCUT2D eigenvalue weighted by Gasteiger charge is 2.31. The quantitative estimate of drug-likeness (QED) is 0.795. The summed E-state index contributed by atoms with van der Waals surface area (Å²) in [7, 11) is 0. The summed E-state index contributed by atoms with van der Waals surface area (Å²) in [6, 6.07) is 1.30. The van der Waals surface area contributed by atoms with Crippen LogP contribution in [0.2, 0.25) is 0 Å². The third-order valence-electron chi connectivity index (χ3n) is 2.65. The van der Waals surface area contributed by atoms with Crippen molar-refractivity contribution in [2.75, 3.05) is 11.4 Å². The fourth-order valence-electron chi connectivity index (χ4n) is 1.75. The Balaban J connectivity index is 2.40. The van der Waals surface area contributed by atoms with Gasteiger partial charge in [-0.3, -0.25) is 0 Å². The number of carboxylic acid groups (broad SMARTS) is 1. The Morgan fingerprint density at radius 3 is 2.94 bits per heavy atom. The molecule has 1 aliphatic rings. The zero-order valence-corrected chi connectivity index (χ0v) is 9.27. The minimum atomic E-state index is -1.17. The molecule has 1 fully saturated rings. The van der Waals surface area contributed by atoms with Crippen LogP contribution in [0.4, 0.5) is 10.2 Å². The molecular formula is C12H13FN2O2. The van der Waals surface area contributed by atoms with Crippen molar-refractivity contribution in [3.05, 3.63) is 36.3 Å². The van der Waals surface area contributed by atoms with E-state index in [2.05, 4.69) is 11.6 Å². The lowest BCUT2D eigenvalue weighted by molar-refractivity contribution is 0.0696. The summed E-state index contributed by atoms with van der Waals surface area (Å²) in [6.45, 7) is 4.15. The van der Waals surface area contributed by atoms with Gasteiger partial charge in [-0.05, 0) is 18.9 Å². The average Bonchev–Trinajstić information content (AvgIpc) is 3.10. The molecule has 1 aromatic rings. The van der Waals surface area contributed by atoms with E-state index in [1.54, 1.807) is 6.08 Å². The lowest BCUT2D eigenvalue weighted by Crippen LogP contribution is -2.28. The first-order valence-electron chi connectivity index (χ1n) is 5.40. The van der Waals surface area contributed by atoms with Gasteiger partial charge in [0.1, 0.15) is 17.2 Å². The van der Waals surface area contributed by atoms with Crippen molar-refractivity contribution >= 4 is 11.8 Å². The van der Waals surface area contributed by atoms with Gasteiger partial charge in [0.15, 0.2) is 0 Å². The molecule has 1 N–H and O–H groups in total. The van der Waals surface area contributed by atoms with Crippen molar-refractivity contribution < 1.29 is 14.3 Å². The van der Waals surface area contributed by atoms with E-state index in [0.717, 1.165) is 25.1 Å². The molecule has 1 heterocycles. The number of hydrogen-bond acceptors (Lipinski definition) is 3. The van der Waals surface area contributed by atoms with Crippen molar-refractivity contribution in [1.29, 1.82) is 0 Å². The Labute approximate surface area is 98.4 Å². The molecule has 5 heteroatoms. The molecule has 0 aliphatic heterocycles. The molecule has 0 unspecified atom stereocenters. The van der Waals surface area contributed by atoms with Crippen LogP contribution in [0.25, 0.3) is 0 Å². The van der Waals surface area contributed by atoms with Crippen molar-refractivity contribution in [3.8, 4) is 0 Å². The normalized spacial score (nSPS) is 14.4. The van der Waals surface area contributed by atoms with Gasteiger partial charge < -0.3 is 10.0 Å². The van der Waals surface area contributed by atoms with E-state index in [9.17, 15) is 9.18 Å². The van der Waals surface area contributed by atoms with Gasteiger partial charge in [0.25, 0.3) is 0 Å². The number of nitrogens with zero attached hydrogens (tertiary/aromatic N) is 2. The number of aromatic nitrogens is 1. The highest BCUT2D eigenvalue weighted by atomic mass is 19.1. The molecule has 1 aromatic heterocycles. The third-order valence-corrected chi connectivity index (χ3v) is 2.65. The largest absolute Gasteiger partial charge is 0.478 e. The summed E-state index contributed by atoms with van der Waals surface area (Å²) < 4.78 is 13.0. The van der Waals surface area contributed by atoms with E-state index in [1.807, 2.05) is 4.90 Å². The standard InChI is InChI=1S/C12H13FN2O2/c1-2-5-15(9-3-4-9)11-10(12(16)17)6-8(13)7-14-11/h2,6-7,9H,1,3-5H2,(H,16,17). The Morgan fingerprint density at radius 1 is 1.71 bits per heavy atom. The molecule has 0 bridgehead atoms. The molecule has 90 valence electrons. The smallest absolute Gasteiger partial charge is 0.339 e. The zero-order valence-electron chi connectivity index (χ0n) is 9.27. The molecule has 17 heavy (non-hydrogen) atoms. The van der Waals surface area contributed by atoms with E-state index in [0.29, 0.717) is 18.4 Å². The molecule has 2 rings (SSSR count). The summed E-state index contributed by atoms with van der Waals surface area (Å²) in [6.07, 6.45) is 4.74.